The molecule has 0 bridgehead atoms. The number of imidazole rings is 1. The van der Waals surface area contributed by atoms with Gasteiger partial charge in [-0.15, -0.1) is 0 Å². The molecule has 0 saturated heterocycles. The van der Waals surface area contributed by atoms with Gasteiger partial charge in [0.2, 0.25) is 5.88 Å². The SMILES string of the molecule is CCOc1ncccc1CNC(=O)c1ccc2c(c1)nc(C)n2-c1ccccc1. The van der Waals surface area contributed by atoms with Gasteiger partial charge in [0.25, 0.3) is 5.91 Å². The number of rotatable bonds is 6. The number of fused-ring (bicyclic) bond motifs is 1. The van der Waals surface area contributed by atoms with E-state index in [1.54, 1.807) is 6.20 Å². The first-order chi connectivity index (χ1) is 14.2. The number of nitrogens with one attached hydrogen (secondary N) is 1. The smallest absolute Gasteiger partial charge is 0.251 e. The van der Waals surface area contributed by atoms with E-state index in [1.807, 2.05) is 74.5 Å². The Balaban J connectivity index is 1.57. The van der Waals surface area contributed by atoms with Gasteiger partial charge in [0.1, 0.15) is 5.82 Å². The van der Waals surface area contributed by atoms with Gasteiger partial charge < -0.3 is 10.1 Å². The molecule has 0 spiro atoms. The highest BCUT2D eigenvalue weighted by Crippen LogP contribution is 2.22. The molecule has 1 N–H and O–H groups in total. The number of amides is 1. The fourth-order valence-electron chi connectivity index (χ4n) is 3.35. The monoisotopic (exact) mass is 386 g/mol. The zero-order valence-corrected chi connectivity index (χ0v) is 16.4. The van der Waals surface area contributed by atoms with Crippen molar-refractivity contribution in [3.05, 3.63) is 83.8 Å². The third-order valence-corrected chi connectivity index (χ3v) is 4.67. The maximum absolute atomic E-state index is 12.7. The molecule has 0 saturated carbocycles. The summed E-state index contributed by atoms with van der Waals surface area (Å²) in [5.41, 5.74) is 4.21. The highest BCUT2D eigenvalue weighted by molar-refractivity contribution is 5.97. The average Bonchev–Trinajstić information content (AvgIpc) is 3.08. The van der Waals surface area contributed by atoms with Crippen LogP contribution in [0.3, 0.4) is 0 Å². The van der Waals surface area contributed by atoms with E-state index in [1.165, 1.54) is 0 Å². The molecule has 0 atom stereocenters. The van der Waals surface area contributed by atoms with Crippen molar-refractivity contribution in [2.24, 2.45) is 0 Å². The van der Waals surface area contributed by atoms with E-state index in [4.69, 9.17) is 4.74 Å². The van der Waals surface area contributed by atoms with Crippen molar-refractivity contribution in [2.75, 3.05) is 6.61 Å². The predicted molar refractivity (Wildman–Crippen MR) is 112 cm³/mol. The van der Waals surface area contributed by atoms with Crippen molar-refractivity contribution in [1.82, 2.24) is 19.9 Å². The van der Waals surface area contributed by atoms with Crippen LogP contribution in [-0.4, -0.2) is 27.0 Å². The van der Waals surface area contributed by atoms with Crippen molar-refractivity contribution in [2.45, 2.75) is 20.4 Å². The minimum absolute atomic E-state index is 0.162. The zero-order chi connectivity index (χ0) is 20.2. The first-order valence-electron chi connectivity index (χ1n) is 9.57. The molecular formula is C23H22N4O2. The summed E-state index contributed by atoms with van der Waals surface area (Å²) in [5, 5.41) is 2.94. The molecule has 0 aliphatic heterocycles. The molecule has 0 aliphatic rings. The fourth-order valence-corrected chi connectivity index (χ4v) is 3.35. The van der Waals surface area contributed by atoms with Crippen LogP contribution in [-0.2, 0) is 6.54 Å². The molecule has 0 fully saturated rings. The lowest BCUT2D eigenvalue weighted by atomic mass is 10.1. The molecule has 0 aliphatic carbocycles. The standard InChI is InChI=1S/C23H22N4O2/c1-3-29-23-18(8-7-13-24-23)15-25-22(28)17-11-12-21-20(14-17)26-16(2)27(21)19-9-5-4-6-10-19/h4-14H,3,15H2,1-2H3,(H,25,28). The van der Waals surface area contributed by atoms with Gasteiger partial charge in [0.05, 0.1) is 17.6 Å². The number of ether oxygens (including phenoxy) is 1. The van der Waals surface area contributed by atoms with E-state index < -0.39 is 0 Å². The van der Waals surface area contributed by atoms with Crippen molar-refractivity contribution < 1.29 is 9.53 Å². The van der Waals surface area contributed by atoms with Crippen LogP contribution in [0.15, 0.2) is 66.9 Å². The van der Waals surface area contributed by atoms with Crippen LogP contribution in [0.5, 0.6) is 5.88 Å². The Hall–Kier alpha value is -3.67. The molecule has 6 heteroatoms. The van der Waals surface area contributed by atoms with Gasteiger partial charge >= 0.3 is 0 Å². The number of hydrogen-bond donors (Lipinski definition) is 1. The lowest BCUT2D eigenvalue weighted by Crippen LogP contribution is -2.23. The number of hydrogen-bond acceptors (Lipinski definition) is 4. The molecule has 2 heterocycles. The van der Waals surface area contributed by atoms with Gasteiger partial charge in [-0.2, -0.15) is 0 Å². The van der Waals surface area contributed by atoms with Crippen LogP contribution < -0.4 is 10.1 Å². The first-order valence-corrected chi connectivity index (χ1v) is 9.57. The minimum atomic E-state index is -0.162. The Morgan fingerprint density at radius 2 is 1.93 bits per heavy atom. The summed E-state index contributed by atoms with van der Waals surface area (Å²) in [6, 6.07) is 19.4. The molecule has 0 radical (unpaired) electrons. The maximum atomic E-state index is 12.7. The van der Waals surface area contributed by atoms with E-state index in [2.05, 4.69) is 19.9 Å². The van der Waals surface area contributed by atoms with E-state index in [0.29, 0.717) is 24.6 Å². The second-order valence-electron chi connectivity index (χ2n) is 6.62. The number of carbonyl (C=O) groups excluding carboxylic acids is 1. The molecule has 2 aromatic heterocycles. The van der Waals surface area contributed by atoms with Gasteiger partial charge in [0.15, 0.2) is 0 Å². The first kappa shape index (κ1) is 18.7. The number of benzene rings is 2. The van der Waals surface area contributed by atoms with Crippen molar-refractivity contribution in [1.29, 1.82) is 0 Å². The third-order valence-electron chi connectivity index (χ3n) is 4.67. The topological polar surface area (TPSA) is 69.0 Å². The maximum Gasteiger partial charge on any atom is 0.251 e. The lowest BCUT2D eigenvalue weighted by molar-refractivity contribution is 0.0950. The zero-order valence-electron chi connectivity index (χ0n) is 16.4. The molecule has 29 heavy (non-hydrogen) atoms. The summed E-state index contributed by atoms with van der Waals surface area (Å²) in [5.74, 6) is 1.26. The van der Waals surface area contributed by atoms with Crippen LogP contribution in [0.2, 0.25) is 0 Å². The number of pyridine rings is 1. The number of nitrogens with zero attached hydrogens (tertiary/aromatic N) is 3. The lowest BCUT2D eigenvalue weighted by Gasteiger charge is -2.10. The fraction of sp³-hybridized carbons (Fsp3) is 0.174. The van der Waals surface area contributed by atoms with Crippen LogP contribution in [0, 0.1) is 6.92 Å². The Morgan fingerprint density at radius 1 is 1.10 bits per heavy atom. The molecule has 0 unspecified atom stereocenters. The molecule has 146 valence electrons. The summed E-state index contributed by atoms with van der Waals surface area (Å²) in [6.45, 7) is 4.74. The highest BCUT2D eigenvalue weighted by atomic mass is 16.5. The molecule has 1 amide bonds. The number of para-hydroxylation sites is 1. The third kappa shape index (κ3) is 3.82. The predicted octanol–water partition coefficient (Wildman–Crippen LogP) is 4.06. The van der Waals surface area contributed by atoms with Gasteiger partial charge in [-0.1, -0.05) is 24.3 Å². The summed E-state index contributed by atoms with van der Waals surface area (Å²) < 4.78 is 7.60. The quantitative estimate of drug-likeness (QED) is 0.543. The summed E-state index contributed by atoms with van der Waals surface area (Å²) in [4.78, 5) is 21.5. The van der Waals surface area contributed by atoms with Crippen LogP contribution in [0.4, 0.5) is 0 Å². The molecule has 4 aromatic rings. The van der Waals surface area contributed by atoms with Crippen LogP contribution in [0.1, 0.15) is 28.7 Å². The van der Waals surface area contributed by atoms with Crippen LogP contribution >= 0.6 is 0 Å². The number of aryl methyl sites for hydroxylation is 1. The number of carbonyl (C=O) groups is 1. The van der Waals surface area contributed by atoms with E-state index in [9.17, 15) is 4.79 Å². The van der Waals surface area contributed by atoms with Crippen molar-refractivity contribution >= 4 is 16.9 Å². The minimum Gasteiger partial charge on any atom is -0.478 e. The second-order valence-corrected chi connectivity index (χ2v) is 6.62. The van der Waals surface area contributed by atoms with Gasteiger partial charge in [-0.05, 0) is 50.2 Å². The number of aromatic nitrogens is 3. The molecule has 2 aromatic carbocycles. The Kier molecular flexibility index (Phi) is 5.24. The Labute approximate surface area is 169 Å². The van der Waals surface area contributed by atoms with Crippen LogP contribution in [0.25, 0.3) is 16.7 Å². The van der Waals surface area contributed by atoms with Gasteiger partial charge in [-0.25, -0.2) is 9.97 Å². The summed E-state index contributed by atoms with van der Waals surface area (Å²) in [7, 11) is 0. The summed E-state index contributed by atoms with van der Waals surface area (Å²) >= 11 is 0. The van der Waals surface area contributed by atoms with E-state index >= 15 is 0 Å². The normalized spacial score (nSPS) is 10.8. The highest BCUT2D eigenvalue weighted by Gasteiger charge is 2.13. The molecule has 4 rings (SSSR count). The molecular weight excluding hydrogens is 364 g/mol. The van der Waals surface area contributed by atoms with Gasteiger partial charge in [-0.3, -0.25) is 9.36 Å². The average molecular weight is 386 g/mol. The van der Waals surface area contributed by atoms with Gasteiger partial charge in [0, 0.05) is 29.6 Å². The summed E-state index contributed by atoms with van der Waals surface area (Å²) in [6.07, 6.45) is 1.68. The molecule has 6 nitrogen and oxygen atoms in total. The van der Waals surface area contributed by atoms with E-state index in [0.717, 1.165) is 28.1 Å². The van der Waals surface area contributed by atoms with Crippen molar-refractivity contribution in [3.8, 4) is 11.6 Å². The Morgan fingerprint density at radius 3 is 2.72 bits per heavy atom. The van der Waals surface area contributed by atoms with Crippen molar-refractivity contribution in [3.63, 3.8) is 0 Å². The van der Waals surface area contributed by atoms with E-state index in [-0.39, 0.29) is 5.91 Å². The second kappa shape index (κ2) is 8.14. The Bertz CT molecular complexity index is 1150. The largest absolute Gasteiger partial charge is 0.478 e.